The van der Waals surface area contributed by atoms with Crippen LogP contribution >= 0.6 is 0 Å². The van der Waals surface area contributed by atoms with Gasteiger partial charge in [0.05, 0.1) is 17.7 Å². The summed E-state index contributed by atoms with van der Waals surface area (Å²) in [4.78, 5) is 0.322. The van der Waals surface area contributed by atoms with Crippen molar-refractivity contribution in [3.63, 3.8) is 0 Å². The third-order valence-electron chi connectivity index (χ3n) is 2.70. The van der Waals surface area contributed by atoms with Crippen molar-refractivity contribution < 1.29 is 12.8 Å². The van der Waals surface area contributed by atoms with E-state index in [1.165, 1.54) is 6.26 Å². The molecular weight excluding hydrogens is 250 g/mol. The molecule has 0 radical (unpaired) electrons. The summed E-state index contributed by atoms with van der Waals surface area (Å²) < 4.78 is 27.9. The van der Waals surface area contributed by atoms with E-state index in [0.717, 1.165) is 17.0 Å². The zero-order valence-corrected chi connectivity index (χ0v) is 11.1. The summed E-state index contributed by atoms with van der Waals surface area (Å²) in [7, 11) is -3.13. The van der Waals surface area contributed by atoms with Gasteiger partial charge in [0, 0.05) is 11.9 Å². The smallest absolute Gasteiger partial charge is 0.175 e. The zero-order valence-electron chi connectivity index (χ0n) is 10.3. The van der Waals surface area contributed by atoms with Crippen LogP contribution in [0.25, 0.3) is 0 Å². The summed E-state index contributed by atoms with van der Waals surface area (Å²) in [5.41, 5.74) is 1.95. The average molecular weight is 265 g/mol. The van der Waals surface area contributed by atoms with Gasteiger partial charge in [0.1, 0.15) is 5.76 Å². The third kappa shape index (κ3) is 2.92. The molecule has 18 heavy (non-hydrogen) atoms. The zero-order chi connectivity index (χ0) is 13.2. The molecule has 1 heterocycles. The number of hydrogen-bond donors (Lipinski definition) is 1. The quantitative estimate of drug-likeness (QED) is 0.923. The number of hydrogen-bond acceptors (Lipinski definition) is 4. The molecule has 5 heteroatoms. The van der Waals surface area contributed by atoms with Crippen LogP contribution in [0.4, 0.5) is 5.69 Å². The van der Waals surface area contributed by atoms with Crippen LogP contribution in [0.3, 0.4) is 0 Å². The van der Waals surface area contributed by atoms with Crippen LogP contribution in [0, 0.1) is 6.92 Å². The minimum atomic E-state index is -3.13. The van der Waals surface area contributed by atoms with Gasteiger partial charge >= 0.3 is 0 Å². The first kappa shape index (κ1) is 12.7. The largest absolute Gasteiger partial charge is 0.467 e. The van der Waals surface area contributed by atoms with Crippen molar-refractivity contribution in [3.8, 4) is 0 Å². The van der Waals surface area contributed by atoms with Gasteiger partial charge in [-0.05, 0) is 42.8 Å². The number of rotatable bonds is 4. The van der Waals surface area contributed by atoms with Crippen molar-refractivity contribution >= 4 is 15.5 Å². The van der Waals surface area contributed by atoms with Gasteiger partial charge in [-0.1, -0.05) is 0 Å². The number of benzene rings is 1. The Morgan fingerprint density at radius 2 is 1.83 bits per heavy atom. The van der Waals surface area contributed by atoms with Crippen LogP contribution in [0.15, 0.2) is 45.9 Å². The van der Waals surface area contributed by atoms with Crippen molar-refractivity contribution in [2.24, 2.45) is 0 Å². The number of aryl methyl sites for hydroxylation is 1. The molecule has 0 spiro atoms. The maximum Gasteiger partial charge on any atom is 0.175 e. The van der Waals surface area contributed by atoms with Crippen molar-refractivity contribution in [3.05, 3.63) is 47.9 Å². The normalized spacial score (nSPS) is 11.4. The van der Waals surface area contributed by atoms with E-state index in [9.17, 15) is 8.42 Å². The summed E-state index contributed by atoms with van der Waals surface area (Å²) >= 11 is 0. The maximum absolute atomic E-state index is 11.3. The van der Waals surface area contributed by atoms with Crippen LogP contribution in [0.1, 0.15) is 11.3 Å². The first-order valence-electron chi connectivity index (χ1n) is 5.54. The molecule has 2 rings (SSSR count). The van der Waals surface area contributed by atoms with E-state index in [0.29, 0.717) is 11.4 Å². The van der Waals surface area contributed by atoms with Gasteiger partial charge in [-0.25, -0.2) is 8.42 Å². The molecule has 0 fully saturated rings. The predicted molar refractivity (Wildman–Crippen MR) is 70.3 cm³/mol. The van der Waals surface area contributed by atoms with E-state index in [-0.39, 0.29) is 0 Å². The fourth-order valence-electron chi connectivity index (χ4n) is 1.59. The second-order valence-corrected chi connectivity index (χ2v) is 6.19. The summed E-state index contributed by atoms with van der Waals surface area (Å²) in [5, 5.41) is 3.18. The molecule has 0 unspecified atom stereocenters. The number of sulfone groups is 1. The first-order valence-corrected chi connectivity index (χ1v) is 7.43. The topological polar surface area (TPSA) is 59.3 Å². The number of anilines is 1. The molecule has 0 aliphatic rings. The van der Waals surface area contributed by atoms with Gasteiger partial charge in [0.2, 0.25) is 0 Å². The van der Waals surface area contributed by atoms with Gasteiger partial charge in [-0.2, -0.15) is 0 Å². The molecule has 1 N–H and O–H groups in total. The highest BCUT2D eigenvalue weighted by Crippen LogP contribution is 2.16. The molecular formula is C13H15NO3S. The van der Waals surface area contributed by atoms with Gasteiger partial charge in [-0.15, -0.1) is 0 Å². The van der Waals surface area contributed by atoms with Gasteiger partial charge in [-0.3, -0.25) is 0 Å². The molecule has 4 nitrogen and oxygen atoms in total. The van der Waals surface area contributed by atoms with E-state index < -0.39 is 9.84 Å². The van der Waals surface area contributed by atoms with Crippen LogP contribution in [0.2, 0.25) is 0 Å². The SMILES string of the molecule is Cc1ccoc1CNc1ccc(S(C)(=O)=O)cc1. The van der Waals surface area contributed by atoms with Crippen LogP contribution in [-0.2, 0) is 16.4 Å². The second kappa shape index (κ2) is 4.86. The molecule has 96 valence electrons. The van der Waals surface area contributed by atoms with E-state index >= 15 is 0 Å². The van der Waals surface area contributed by atoms with Crippen molar-refractivity contribution in [1.82, 2.24) is 0 Å². The molecule has 0 bridgehead atoms. The van der Waals surface area contributed by atoms with Crippen molar-refractivity contribution in [2.75, 3.05) is 11.6 Å². The summed E-state index contributed by atoms with van der Waals surface area (Å²) in [6, 6.07) is 8.58. The summed E-state index contributed by atoms with van der Waals surface area (Å²) in [6.07, 6.45) is 2.85. The molecule has 0 saturated carbocycles. The van der Waals surface area contributed by atoms with Crippen molar-refractivity contribution in [1.29, 1.82) is 0 Å². The Hall–Kier alpha value is -1.75. The van der Waals surface area contributed by atoms with Crippen LogP contribution in [0.5, 0.6) is 0 Å². The van der Waals surface area contributed by atoms with Crippen molar-refractivity contribution in [2.45, 2.75) is 18.4 Å². The fourth-order valence-corrected chi connectivity index (χ4v) is 2.22. The lowest BCUT2D eigenvalue weighted by Gasteiger charge is -2.06. The van der Waals surface area contributed by atoms with E-state index in [1.54, 1.807) is 30.5 Å². The minimum absolute atomic E-state index is 0.322. The molecule has 0 atom stereocenters. The second-order valence-electron chi connectivity index (χ2n) is 4.18. The van der Waals surface area contributed by atoms with E-state index in [2.05, 4.69) is 5.32 Å². The van der Waals surface area contributed by atoms with Gasteiger partial charge < -0.3 is 9.73 Å². The maximum atomic E-state index is 11.3. The Morgan fingerprint density at radius 3 is 2.33 bits per heavy atom. The van der Waals surface area contributed by atoms with Gasteiger partial charge in [0.25, 0.3) is 0 Å². The van der Waals surface area contributed by atoms with Crippen LogP contribution in [-0.4, -0.2) is 14.7 Å². The lowest BCUT2D eigenvalue weighted by molar-refractivity contribution is 0.515. The van der Waals surface area contributed by atoms with E-state index in [1.807, 2.05) is 13.0 Å². The average Bonchev–Trinajstić information content (AvgIpc) is 2.72. The molecule has 2 aromatic rings. The number of nitrogens with one attached hydrogen (secondary N) is 1. The Labute approximate surface area is 107 Å². The molecule has 0 aliphatic heterocycles. The Bertz CT molecular complexity index is 627. The highest BCUT2D eigenvalue weighted by molar-refractivity contribution is 7.90. The highest BCUT2D eigenvalue weighted by Gasteiger charge is 2.06. The Morgan fingerprint density at radius 1 is 1.17 bits per heavy atom. The van der Waals surface area contributed by atoms with E-state index in [4.69, 9.17) is 4.42 Å². The molecule has 0 amide bonds. The molecule has 1 aromatic carbocycles. The van der Waals surface area contributed by atoms with Gasteiger partial charge in [0.15, 0.2) is 9.84 Å². The standard InChI is InChI=1S/C13H15NO3S/c1-10-7-8-17-13(10)9-14-11-3-5-12(6-4-11)18(2,15)16/h3-8,14H,9H2,1-2H3. The summed E-state index contributed by atoms with van der Waals surface area (Å²) in [5.74, 6) is 0.877. The predicted octanol–water partition coefficient (Wildman–Crippen LogP) is 2.60. The fraction of sp³-hybridized carbons (Fsp3) is 0.231. The monoisotopic (exact) mass is 265 g/mol. The highest BCUT2D eigenvalue weighted by atomic mass is 32.2. The summed E-state index contributed by atoms with van der Waals surface area (Å²) in [6.45, 7) is 2.56. The first-order chi connectivity index (χ1) is 8.47. The molecule has 0 aliphatic carbocycles. The number of furan rings is 1. The lowest BCUT2D eigenvalue weighted by Crippen LogP contribution is -2.01. The lowest BCUT2D eigenvalue weighted by atomic mass is 10.2. The Balaban J connectivity index is 2.05. The third-order valence-corrected chi connectivity index (χ3v) is 3.83. The van der Waals surface area contributed by atoms with Crippen LogP contribution < -0.4 is 5.32 Å². The molecule has 0 saturated heterocycles. The molecule has 1 aromatic heterocycles. The Kier molecular flexibility index (Phi) is 3.43. The minimum Gasteiger partial charge on any atom is -0.467 e.